The Morgan fingerprint density at radius 2 is 2.25 bits per heavy atom. The van der Waals surface area contributed by atoms with Crippen LogP contribution in [0.3, 0.4) is 0 Å². The van der Waals surface area contributed by atoms with Crippen molar-refractivity contribution in [1.82, 2.24) is 15.0 Å². The Morgan fingerprint density at radius 1 is 1.44 bits per heavy atom. The summed E-state index contributed by atoms with van der Waals surface area (Å²) in [6, 6.07) is 7.63. The number of ether oxygens (including phenoxy) is 1. The fraction of sp³-hybridized carbons (Fsp3) is 0.273. The molecule has 1 heterocycles. The number of anilines is 1. The van der Waals surface area contributed by atoms with E-state index in [2.05, 4.69) is 10.3 Å². The van der Waals surface area contributed by atoms with Crippen molar-refractivity contribution in [2.45, 2.75) is 13.3 Å². The van der Waals surface area contributed by atoms with Gasteiger partial charge in [0.1, 0.15) is 5.75 Å². The van der Waals surface area contributed by atoms with Gasteiger partial charge in [0.2, 0.25) is 0 Å². The number of hydrogen-bond donors (Lipinski definition) is 1. The van der Waals surface area contributed by atoms with Crippen LogP contribution in [0, 0.1) is 0 Å². The summed E-state index contributed by atoms with van der Waals surface area (Å²) in [5.74, 6) is 1.26. The summed E-state index contributed by atoms with van der Waals surface area (Å²) in [6.45, 7) is 2.02. The lowest BCUT2D eigenvalue weighted by Gasteiger charge is -2.06. The molecule has 84 valence electrons. The van der Waals surface area contributed by atoms with E-state index < -0.39 is 0 Å². The summed E-state index contributed by atoms with van der Waals surface area (Å²) in [6.07, 6.45) is 0.788. The largest absolute Gasteiger partial charge is 0.497 e. The highest BCUT2D eigenvalue weighted by Crippen LogP contribution is 2.19. The van der Waals surface area contributed by atoms with Gasteiger partial charge in [0.05, 0.1) is 18.5 Å². The highest BCUT2D eigenvalue weighted by atomic mass is 16.5. The monoisotopic (exact) mass is 218 g/mol. The molecule has 1 aromatic carbocycles. The second-order valence-corrected chi connectivity index (χ2v) is 3.39. The molecule has 2 rings (SSSR count). The smallest absolute Gasteiger partial charge is 0.169 e. The Morgan fingerprint density at radius 3 is 2.94 bits per heavy atom. The molecule has 0 aliphatic heterocycles. The highest BCUT2D eigenvalue weighted by molar-refractivity contribution is 5.44. The van der Waals surface area contributed by atoms with Gasteiger partial charge in [0, 0.05) is 6.07 Å². The van der Waals surface area contributed by atoms with Crippen LogP contribution in [0.25, 0.3) is 5.69 Å². The number of methoxy groups -OCH3 is 1. The molecule has 5 heteroatoms. The SMILES string of the molecule is CCc1c(N)nnn1-c1cccc(OC)c1. The molecule has 16 heavy (non-hydrogen) atoms. The van der Waals surface area contributed by atoms with Gasteiger partial charge in [-0.25, -0.2) is 4.68 Å². The molecule has 0 aliphatic carbocycles. The van der Waals surface area contributed by atoms with Crippen molar-refractivity contribution in [2.24, 2.45) is 0 Å². The molecule has 0 saturated heterocycles. The van der Waals surface area contributed by atoms with Gasteiger partial charge in [-0.15, -0.1) is 5.10 Å². The van der Waals surface area contributed by atoms with Crippen LogP contribution in [-0.4, -0.2) is 22.1 Å². The maximum Gasteiger partial charge on any atom is 0.169 e. The lowest BCUT2D eigenvalue weighted by Crippen LogP contribution is -2.02. The van der Waals surface area contributed by atoms with Gasteiger partial charge in [-0.2, -0.15) is 0 Å². The third-order valence-electron chi connectivity index (χ3n) is 2.43. The first kappa shape index (κ1) is 10.5. The molecule has 0 atom stereocenters. The average molecular weight is 218 g/mol. The Kier molecular flexibility index (Phi) is 2.76. The molecule has 5 nitrogen and oxygen atoms in total. The molecule has 1 aromatic heterocycles. The van der Waals surface area contributed by atoms with Crippen LogP contribution in [0.4, 0.5) is 5.82 Å². The van der Waals surface area contributed by atoms with Crippen LogP contribution in [0.15, 0.2) is 24.3 Å². The summed E-state index contributed by atoms with van der Waals surface area (Å²) < 4.78 is 6.90. The van der Waals surface area contributed by atoms with Crippen molar-refractivity contribution in [3.05, 3.63) is 30.0 Å². The van der Waals surface area contributed by atoms with Crippen molar-refractivity contribution in [3.8, 4) is 11.4 Å². The molecule has 0 amide bonds. The maximum absolute atomic E-state index is 5.73. The van der Waals surface area contributed by atoms with E-state index in [0.717, 1.165) is 23.6 Å². The van der Waals surface area contributed by atoms with E-state index >= 15 is 0 Å². The van der Waals surface area contributed by atoms with Crippen LogP contribution >= 0.6 is 0 Å². The average Bonchev–Trinajstić information content (AvgIpc) is 2.70. The fourth-order valence-electron chi connectivity index (χ4n) is 1.59. The van der Waals surface area contributed by atoms with Crippen molar-refractivity contribution in [3.63, 3.8) is 0 Å². The predicted molar refractivity (Wildman–Crippen MR) is 61.7 cm³/mol. The van der Waals surface area contributed by atoms with E-state index in [9.17, 15) is 0 Å². The molecule has 0 radical (unpaired) electrons. The summed E-state index contributed by atoms with van der Waals surface area (Å²) in [7, 11) is 1.63. The lowest BCUT2D eigenvalue weighted by molar-refractivity contribution is 0.414. The van der Waals surface area contributed by atoms with Gasteiger partial charge >= 0.3 is 0 Å². The lowest BCUT2D eigenvalue weighted by atomic mass is 10.2. The Hall–Kier alpha value is -2.04. The molecular weight excluding hydrogens is 204 g/mol. The zero-order valence-electron chi connectivity index (χ0n) is 9.34. The predicted octanol–water partition coefficient (Wildman–Crippen LogP) is 1.42. The molecule has 0 fully saturated rings. The van der Waals surface area contributed by atoms with Gasteiger partial charge in [0.25, 0.3) is 0 Å². The van der Waals surface area contributed by atoms with E-state index in [1.807, 2.05) is 31.2 Å². The number of nitrogens with zero attached hydrogens (tertiary/aromatic N) is 3. The van der Waals surface area contributed by atoms with Crippen LogP contribution in [0.1, 0.15) is 12.6 Å². The molecule has 0 unspecified atom stereocenters. The van der Waals surface area contributed by atoms with Gasteiger partial charge in [-0.3, -0.25) is 0 Å². The van der Waals surface area contributed by atoms with Crippen LogP contribution < -0.4 is 10.5 Å². The Balaban J connectivity index is 2.49. The molecule has 0 bridgehead atoms. The zero-order valence-corrected chi connectivity index (χ0v) is 9.34. The van der Waals surface area contributed by atoms with Crippen molar-refractivity contribution < 1.29 is 4.74 Å². The number of benzene rings is 1. The minimum absolute atomic E-state index is 0.477. The van der Waals surface area contributed by atoms with E-state index in [1.54, 1.807) is 11.8 Å². The van der Waals surface area contributed by atoms with Gasteiger partial charge in [-0.05, 0) is 18.6 Å². The number of hydrogen-bond acceptors (Lipinski definition) is 4. The highest BCUT2D eigenvalue weighted by Gasteiger charge is 2.09. The maximum atomic E-state index is 5.73. The molecule has 0 saturated carbocycles. The quantitative estimate of drug-likeness (QED) is 0.846. The molecule has 0 aliphatic rings. The number of nitrogen functional groups attached to an aromatic ring is 1. The first-order valence-corrected chi connectivity index (χ1v) is 5.10. The third-order valence-corrected chi connectivity index (χ3v) is 2.43. The minimum Gasteiger partial charge on any atom is -0.497 e. The summed E-state index contributed by atoms with van der Waals surface area (Å²) in [5, 5.41) is 7.89. The molecule has 0 spiro atoms. The normalized spacial score (nSPS) is 10.4. The first-order valence-electron chi connectivity index (χ1n) is 5.10. The zero-order chi connectivity index (χ0) is 11.5. The van der Waals surface area contributed by atoms with Crippen molar-refractivity contribution >= 4 is 5.82 Å². The number of aromatic nitrogens is 3. The van der Waals surface area contributed by atoms with Crippen LogP contribution in [0.2, 0.25) is 0 Å². The third kappa shape index (κ3) is 1.71. The topological polar surface area (TPSA) is 66.0 Å². The van der Waals surface area contributed by atoms with Crippen LogP contribution in [-0.2, 0) is 6.42 Å². The van der Waals surface area contributed by atoms with Crippen molar-refractivity contribution in [1.29, 1.82) is 0 Å². The summed E-state index contributed by atoms with van der Waals surface area (Å²) >= 11 is 0. The second-order valence-electron chi connectivity index (χ2n) is 3.39. The van der Waals surface area contributed by atoms with E-state index in [1.165, 1.54) is 0 Å². The summed E-state index contributed by atoms with van der Waals surface area (Å²) in [5.41, 5.74) is 7.55. The van der Waals surface area contributed by atoms with Crippen molar-refractivity contribution in [2.75, 3.05) is 12.8 Å². The Bertz CT molecular complexity index is 492. The Labute approximate surface area is 93.8 Å². The summed E-state index contributed by atoms with van der Waals surface area (Å²) in [4.78, 5) is 0. The van der Waals surface area contributed by atoms with Gasteiger partial charge in [-0.1, -0.05) is 18.2 Å². The van der Waals surface area contributed by atoms with Gasteiger partial charge < -0.3 is 10.5 Å². The second kappa shape index (κ2) is 4.22. The number of nitrogens with two attached hydrogens (primary N) is 1. The fourth-order valence-corrected chi connectivity index (χ4v) is 1.59. The minimum atomic E-state index is 0.477. The van der Waals surface area contributed by atoms with E-state index in [4.69, 9.17) is 10.5 Å². The van der Waals surface area contributed by atoms with Gasteiger partial charge in [0.15, 0.2) is 5.82 Å². The van der Waals surface area contributed by atoms with E-state index in [0.29, 0.717) is 5.82 Å². The molecule has 2 aromatic rings. The first-order chi connectivity index (χ1) is 7.76. The van der Waals surface area contributed by atoms with Crippen LogP contribution in [0.5, 0.6) is 5.75 Å². The molecule has 2 N–H and O–H groups in total. The standard InChI is InChI=1S/C11H14N4O/c1-3-10-11(12)13-14-15(10)8-5-4-6-9(7-8)16-2/h4-7H,3,12H2,1-2H3. The number of rotatable bonds is 3. The van der Waals surface area contributed by atoms with E-state index in [-0.39, 0.29) is 0 Å². The molecular formula is C11H14N4O.